The van der Waals surface area contributed by atoms with Gasteiger partial charge >= 0.3 is 170 Å². The normalized spacial score (nSPS) is 12.0. The molecule has 11 heteroatoms. The van der Waals surface area contributed by atoms with Crippen LogP contribution in [0.2, 0.25) is 45.7 Å². The molecule has 0 heterocycles. The molecule has 0 saturated heterocycles. The van der Waals surface area contributed by atoms with Crippen LogP contribution in [0.1, 0.15) is 0 Å². The summed E-state index contributed by atoms with van der Waals surface area (Å²) < 4.78 is 26.2. The fourth-order valence-electron chi connectivity index (χ4n) is 3.18. The number of methoxy groups -OCH3 is 4. The second-order valence-corrected chi connectivity index (χ2v) is 29.2. The van der Waals surface area contributed by atoms with E-state index in [1.165, 1.54) is 0 Å². The molecule has 0 amide bonds. The second kappa shape index (κ2) is 30.5. The Morgan fingerprint density at radius 3 is 0.829 bits per heavy atom. The molecule has 0 bridgehead atoms. The third-order valence-corrected chi connectivity index (χ3v) is 19.2. The molecule has 2 atom stereocenters. The summed E-state index contributed by atoms with van der Waals surface area (Å²) in [5, 5.41) is 0. The molecule has 2 rings (SSSR count). The van der Waals surface area contributed by atoms with Crippen LogP contribution in [0.25, 0.3) is 0 Å². The Hall–Kier alpha value is 1.86. The van der Waals surface area contributed by atoms with Crippen LogP contribution in [-0.2, 0) is 64.3 Å². The summed E-state index contributed by atoms with van der Waals surface area (Å²) in [5.74, 6) is 1.20. The van der Waals surface area contributed by atoms with E-state index in [1.807, 2.05) is 0 Å². The maximum absolute atomic E-state index is 4.91. The maximum Gasteiger partial charge on any atom is 0 e. The zero-order valence-electron chi connectivity index (χ0n) is 27.2. The SMILES string of the molecule is COC[C@@H](C[S-])OC.COC[C@@H](C[S-])OC.C[As](C)c1ccccc1[As](C)C.C[As](C)c1ccccc1[As](C)C.[99Tc]. The molecule has 0 unspecified atom stereocenters. The first-order valence-corrected chi connectivity index (χ1v) is 32.9. The van der Waals surface area contributed by atoms with E-state index in [0.29, 0.717) is 24.7 Å². The molecular weight excluding hydrogens is 887 g/mol. The van der Waals surface area contributed by atoms with Crippen molar-refractivity contribution in [2.75, 3.05) is 53.2 Å². The van der Waals surface area contributed by atoms with E-state index in [4.69, 9.17) is 44.2 Å². The third kappa shape index (κ3) is 22.9. The molecule has 1 radical (unpaired) electrons. The van der Waals surface area contributed by atoms with Crippen molar-refractivity contribution in [1.29, 1.82) is 0 Å². The summed E-state index contributed by atoms with van der Waals surface area (Å²) >= 11 is 6.86. The molecule has 0 saturated carbocycles. The predicted molar refractivity (Wildman–Crippen MR) is 191 cm³/mol. The molecule has 41 heavy (non-hydrogen) atoms. The van der Waals surface area contributed by atoms with Crippen molar-refractivity contribution in [2.24, 2.45) is 0 Å². The van der Waals surface area contributed by atoms with Crippen molar-refractivity contribution in [1.82, 2.24) is 0 Å². The molecular formula is C30H54As4O4S2Tc-2. The Kier molecular flexibility index (Phi) is 35.2. The Balaban J connectivity index is -0.000000476. The average molecular weight is 941 g/mol. The number of hydrogen-bond donors (Lipinski definition) is 0. The second-order valence-electron chi connectivity index (χ2n) is 9.51. The van der Waals surface area contributed by atoms with Crippen molar-refractivity contribution in [2.45, 2.75) is 57.9 Å². The molecule has 2 aromatic carbocycles. The van der Waals surface area contributed by atoms with E-state index in [-0.39, 0.29) is 32.3 Å². The minimum Gasteiger partial charge on any atom is 0 e. The van der Waals surface area contributed by atoms with Crippen LogP contribution in [-0.4, -0.2) is 124 Å². The molecule has 0 aliphatic rings. The molecule has 0 aliphatic heterocycles. The summed E-state index contributed by atoms with van der Waals surface area (Å²) in [6, 6.07) is 18.1. The average Bonchev–Trinajstić information content (AvgIpc) is 2.95. The number of hydrogen-bond acceptors (Lipinski definition) is 6. The van der Waals surface area contributed by atoms with Crippen LogP contribution in [0.3, 0.4) is 0 Å². The van der Waals surface area contributed by atoms with Crippen molar-refractivity contribution in [3.05, 3.63) is 48.5 Å². The van der Waals surface area contributed by atoms with Gasteiger partial charge in [-0.05, 0) is 0 Å². The summed E-state index contributed by atoms with van der Waals surface area (Å²) in [4.78, 5) is 0. The van der Waals surface area contributed by atoms with Crippen LogP contribution in [0.4, 0.5) is 0 Å². The number of ether oxygens (including phenoxy) is 4. The zero-order valence-corrected chi connectivity index (χ0v) is 38.2. The largest absolute Gasteiger partial charge is 0 e. The summed E-state index contributed by atoms with van der Waals surface area (Å²) in [7, 11) is 6.54. The van der Waals surface area contributed by atoms with Gasteiger partial charge in [-0.15, -0.1) is 11.5 Å². The topological polar surface area (TPSA) is 36.9 Å². The molecule has 0 aromatic heterocycles. The van der Waals surface area contributed by atoms with Gasteiger partial charge < -0.3 is 44.2 Å². The van der Waals surface area contributed by atoms with Gasteiger partial charge in [0.05, 0.1) is 25.4 Å². The maximum atomic E-state index is 4.91. The fraction of sp³-hybridized carbons (Fsp3) is 0.600. The van der Waals surface area contributed by atoms with Crippen molar-refractivity contribution in [3.63, 3.8) is 0 Å². The van der Waals surface area contributed by atoms with Gasteiger partial charge in [-0.25, -0.2) is 0 Å². The quantitative estimate of drug-likeness (QED) is 0.240. The van der Waals surface area contributed by atoms with Gasteiger partial charge in [-0.1, -0.05) is 0 Å². The molecule has 4 nitrogen and oxygen atoms in total. The fourth-order valence-corrected chi connectivity index (χ4v) is 20.1. The monoisotopic (exact) mass is 941 g/mol. The van der Waals surface area contributed by atoms with Gasteiger partial charge in [0.25, 0.3) is 0 Å². The van der Waals surface area contributed by atoms with Gasteiger partial charge in [0, 0.05) is 48.5 Å². The minimum atomic E-state index is -0.651. The molecule has 239 valence electrons. The van der Waals surface area contributed by atoms with E-state index in [9.17, 15) is 0 Å². The van der Waals surface area contributed by atoms with E-state index in [2.05, 4.69) is 94.2 Å². The third-order valence-electron chi connectivity index (χ3n) is 5.43. The van der Waals surface area contributed by atoms with E-state index in [0.717, 1.165) is 0 Å². The van der Waals surface area contributed by atoms with E-state index in [1.54, 1.807) is 45.8 Å². The Bertz CT molecular complexity index is 733. The summed E-state index contributed by atoms with van der Waals surface area (Å²) in [6.07, 6.45) is 0.185. The van der Waals surface area contributed by atoms with Crippen molar-refractivity contribution >= 4 is 101 Å². The molecule has 0 aliphatic carbocycles. The molecule has 0 fully saturated rings. The van der Waals surface area contributed by atoms with Gasteiger partial charge in [-0.3, -0.25) is 0 Å². The van der Waals surface area contributed by atoms with Crippen LogP contribution >= 0.6 is 0 Å². The van der Waals surface area contributed by atoms with Gasteiger partial charge in [0.2, 0.25) is 0 Å². The first-order valence-electron chi connectivity index (χ1n) is 13.0. The Labute approximate surface area is 296 Å². The standard InChI is InChI=1S/2C10H16As2.2C5H12O2S.Tc/c2*1-11(2)9-7-5-6-8-10(9)12(3)4;2*1-6-3-5(4-8)7-2;/h2*5-8H,1-4H3;2*5,8H,3-4H2,1-2H3;/p-2/t;;2*5-;/m..00./s1/i;;;;1+1. The van der Waals surface area contributed by atoms with E-state index >= 15 is 0 Å². The summed E-state index contributed by atoms with van der Waals surface area (Å²) in [5.41, 5.74) is 19.4. The first-order chi connectivity index (χ1) is 18.9. The van der Waals surface area contributed by atoms with E-state index < -0.39 is 58.6 Å². The number of benzene rings is 2. The first kappa shape index (κ1) is 47.3. The van der Waals surface area contributed by atoms with Crippen LogP contribution in [0.15, 0.2) is 48.5 Å². The summed E-state index contributed by atoms with van der Waals surface area (Å²) in [6.45, 7) is 1.19. The smallest absolute Gasteiger partial charge is 0 e. The van der Waals surface area contributed by atoms with Crippen LogP contribution in [0, 0.1) is 0 Å². The Morgan fingerprint density at radius 1 is 0.512 bits per heavy atom. The number of rotatable bonds is 12. The van der Waals surface area contributed by atoms with Crippen LogP contribution < -0.4 is 17.4 Å². The zero-order chi connectivity index (χ0) is 31.1. The minimum absolute atomic E-state index is 0. The van der Waals surface area contributed by atoms with Gasteiger partial charge in [0.15, 0.2) is 0 Å². The van der Waals surface area contributed by atoms with Crippen LogP contribution in [0.5, 0.6) is 0 Å². The molecule has 0 N–H and O–H groups in total. The predicted octanol–water partition coefficient (Wildman–Crippen LogP) is 3.61. The van der Waals surface area contributed by atoms with Gasteiger partial charge in [0.1, 0.15) is 0 Å². The molecule has 2 aromatic rings. The van der Waals surface area contributed by atoms with Crippen molar-refractivity contribution < 1.29 is 39.1 Å². The molecule has 0 spiro atoms. The Morgan fingerprint density at radius 2 is 0.732 bits per heavy atom. The van der Waals surface area contributed by atoms with Crippen molar-refractivity contribution in [3.8, 4) is 0 Å². The van der Waals surface area contributed by atoms with Gasteiger partial charge in [-0.2, -0.15) is 0 Å².